The van der Waals surface area contributed by atoms with Crippen molar-refractivity contribution in [2.75, 3.05) is 7.05 Å². The average molecular weight is 199 g/mol. The van der Waals surface area contributed by atoms with Gasteiger partial charge in [0.25, 0.3) is 0 Å². The van der Waals surface area contributed by atoms with E-state index < -0.39 is 0 Å². The van der Waals surface area contributed by atoms with E-state index in [0.717, 1.165) is 17.3 Å². The highest BCUT2D eigenvalue weighted by Gasteiger charge is 2.04. The molecule has 0 atom stereocenters. The van der Waals surface area contributed by atoms with Gasteiger partial charge in [-0.1, -0.05) is 11.6 Å². The Morgan fingerprint density at radius 2 is 2.23 bits per heavy atom. The van der Waals surface area contributed by atoms with E-state index in [2.05, 4.69) is 30.8 Å². The molecule has 2 nitrogen and oxygen atoms in total. The van der Waals surface area contributed by atoms with Crippen LogP contribution in [0.1, 0.15) is 19.5 Å². The summed E-state index contributed by atoms with van der Waals surface area (Å²) < 4.78 is 0. The monoisotopic (exact) mass is 198 g/mol. The minimum atomic E-state index is 0.529. The lowest BCUT2D eigenvalue weighted by Gasteiger charge is -2.20. The lowest BCUT2D eigenvalue weighted by Crippen LogP contribution is -2.25. The molecule has 0 saturated heterocycles. The quantitative estimate of drug-likeness (QED) is 0.742. The zero-order chi connectivity index (χ0) is 9.84. The fraction of sp³-hybridized carbons (Fsp3) is 0.500. The van der Waals surface area contributed by atoms with Gasteiger partial charge in [0.15, 0.2) is 0 Å². The second-order valence-electron chi connectivity index (χ2n) is 3.47. The topological polar surface area (TPSA) is 16.1 Å². The largest absolute Gasteiger partial charge is 0.298 e. The van der Waals surface area contributed by atoms with Gasteiger partial charge in [-0.2, -0.15) is 0 Å². The van der Waals surface area contributed by atoms with Crippen molar-refractivity contribution in [3.05, 3.63) is 29.0 Å². The first kappa shape index (κ1) is 10.5. The van der Waals surface area contributed by atoms with Gasteiger partial charge in [-0.05, 0) is 33.0 Å². The van der Waals surface area contributed by atoms with E-state index in [-0.39, 0.29) is 0 Å². The van der Waals surface area contributed by atoms with E-state index in [0.29, 0.717) is 6.04 Å². The van der Waals surface area contributed by atoms with Crippen molar-refractivity contribution in [2.24, 2.45) is 0 Å². The Bertz CT molecular complexity index is 273. The van der Waals surface area contributed by atoms with E-state index in [4.69, 9.17) is 11.6 Å². The Hall–Kier alpha value is -0.600. The highest BCUT2D eigenvalue weighted by molar-refractivity contribution is 6.30. The molecule has 1 heterocycles. The van der Waals surface area contributed by atoms with Crippen molar-refractivity contribution in [3.63, 3.8) is 0 Å². The third-order valence-corrected chi connectivity index (χ3v) is 2.31. The SMILES string of the molecule is CC(C)N(C)Cc1cc(Cl)ccn1. The van der Waals surface area contributed by atoms with Crippen LogP contribution < -0.4 is 0 Å². The Labute approximate surface area is 84.5 Å². The molecule has 0 bridgehead atoms. The van der Waals surface area contributed by atoms with Crippen molar-refractivity contribution in [3.8, 4) is 0 Å². The van der Waals surface area contributed by atoms with E-state index in [1.54, 1.807) is 12.3 Å². The second-order valence-corrected chi connectivity index (χ2v) is 3.91. The maximum Gasteiger partial charge on any atom is 0.0558 e. The van der Waals surface area contributed by atoms with Crippen molar-refractivity contribution in [1.29, 1.82) is 0 Å². The zero-order valence-electron chi connectivity index (χ0n) is 8.29. The summed E-state index contributed by atoms with van der Waals surface area (Å²) >= 11 is 5.85. The lowest BCUT2D eigenvalue weighted by molar-refractivity contribution is 0.263. The van der Waals surface area contributed by atoms with Crippen LogP contribution in [0.3, 0.4) is 0 Å². The van der Waals surface area contributed by atoms with Crippen LogP contribution in [-0.2, 0) is 6.54 Å². The van der Waals surface area contributed by atoms with E-state index in [1.165, 1.54) is 0 Å². The van der Waals surface area contributed by atoms with Gasteiger partial charge in [0.2, 0.25) is 0 Å². The molecule has 0 N–H and O–H groups in total. The maximum atomic E-state index is 5.85. The van der Waals surface area contributed by atoms with Crippen molar-refractivity contribution in [1.82, 2.24) is 9.88 Å². The molecule has 13 heavy (non-hydrogen) atoms. The second kappa shape index (κ2) is 4.58. The number of nitrogens with zero attached hydrogens (tertiary/aromatic N) is 2. The molecule has 3 heteroatoms. The molecule has 0 aromatic carbocycles. The normalized spacial score (nSPS) is 11.2. The van der Waals surface area contributed by atoms with Crippen LogP contribution in [-0.4, -0.2) is 23.0 Å². The Morgan fingerprint density at radius 1 is 1.54 bits per heavy atom. The van der Waals surface area contributed by atoms with Gasteiger partial charge in [0.05, 0.1) is 5.69 Å². The molecular weight excluding hydrogens is 184 g/mol. The van der Waals surface area contributed by atoms with Crippen LogP contribution in [0.2, 0.25) is 5.02 Å². The van der Waals surface area contributed by atoms with Gasteiger partial charge in [0, 0.05) is 23.8 Å². The van der Waals surface area contributed by atoms with Gasteiger partial charge in [-0.25, -0.2) is 0 Å². The first-order valence-electron chi connectivity index (χ1n) is 4.40. The van der Waals surface area contributed by atoms with Crippen LogP contribution in [0.25, 0.3) is 0 Å². The molecule has 72 valence electrons. The third kappa shape index (κ3) is 3.33. The molecule has 0 amide bonds. The predicted octanol–water partition coefficient (Wildman–Crippen LogP) is 2.58. The standard InChI is InChI=1S/C10H15ClN2/c1-8(2)13(3)7-10-6-9(11)4-5-12-10/h4-6,8H,7H2,1-3H3. The predicted molar refractivity (Wildman–Crippen MR) is 55.9 cm³/mol. The zero-order valence-corrected chi connectivity index (χ0v) is 9.04. The first-order chi connectivity index (χ1) is 6.09. The smallest absolute Gasteiger partial charge is 0.0558 e. The summed E-state index contributed by atoms with van der Waals surface area (Å²) in [6.07, 6.45) is 1.74. The first-order valence-corrected chi connectivity index (χ1v) is 4.78. The van der Waals surface area contributed by atoms with Gasteiger partial charge >= 0.3 is 0 Å². The van der Waals surface area contributed by atoms with Gasteiger partial charge < -0.3 is 0 Å². The molecule has 0 aliphatic rings. The molecule has 1 rings (SSSR count). The van der Waals surface area contributed by atoms with Crippen molar-refractivity contribution < 1.29 is 0 Å². The summed E-state index contributed by atoms with van der Waals surface area (Å²) in [6, 6.07) is 4.22. The van der Waals surface area contributed by atoms with Gasteiger partial charge in [0.1, 0.15) is 0 Å². The molecule has 0 spiro atoms. The Morgan fingerprint density at radius 3 is 2.77 bits per heavy atom. The minimum absolute atomic E-state index is 0.529. The van der Waals surface area contributed by atoms with Crippen LogP contribution in [0, 0.1) is 0 Å². The molecule has 0 aliphatic carbocycles. The number of halogens is 1. The summed E-state index contributed by atoms with van der Waals surface area (Å²) in [7, 11) is 2.08. The third-order valence-electron chi connectivity index (χ3n) is 2.07. The number of pyridine rings is 1. The van der Waals surface area contributed by atoms with Crippen LogP contribution in [0.15, 0.2) is 18.3 Å². The molecular formula is C10H15ClN2. The van der Waals surface area contributed by atoms with Crippen molar-refractivity contribution in [2.45, 2.75) is 26.4 Å². The molecule has 0 radical (unpaired) electrons. The average Bonchev–Trinajstić information content (AvgIpc) is 2.04. The van der Waals surface area contributed by atoms with Crippen LogP contribution in [0.4, 0.5) is 0 Å². The lowest BCUT2D eigenvalue weighted by atomic mass is 10.3. The van der Waals surface area contributed by atoms with Gasteiger partial charge in [-0.15, -0.1) is 0 Å². The summed E-state index contributed by atoms with van der Waals surface area (Å²) in [5, 5.41) is 0.752. The molecule has 0 unspecified atom stereocenters. The van der Waals surface area contributed by atoms with E-state index in [1.807, 2.05) is 6.07 Å². The van der Waals surface area contributed by atoms with Gasteiger partial charge in [-0.3, -0.25) is 9.88 Å². The fourth-order valence-corrected chi connectivity index (χ4v) is 1.16. The molecule has 0 aliphatic heterocycles. The van der Waals surface area contributed by atoms with Crippen molar-refractivity contribution >= 4 is 11.6 Å². The van der Waals surface area contributed by atoms with Crippen LogP contribution >= 0.6 is 11.6 Å². The number of rotatable bonds is 3. The highest BCUT2D eigenvalue weighted by Crippen LogP contribution is 2.10. The van der Waals surface area contributed by atoms with E-state index >= 15 is 0 Å². The Kier molecular flexibility index (Phi) is 3.70. The van der Waals surface area contributed by atoms with E-state index in [9.17, 15) is 0 Å². The molecule has 0 saturated carbocycles. The molecule has 0 fully saturated rings. The molecule has 1 aromatic heterocycles. The summed E-state index contributed by atoms with van der Waals surface area (Å²) in [4.78, 5) is 6.46. The maximum absolute atomic E-state index is 5.85. The summed E-state index contributed by atoms with van der Waals surface area (Å²) in [5.41, 5.74) is 1.02. The summed E-state index contributed by atoms with van der Waals surface area (Å²) in [6.45, 7) is 5.16. The Balaban J connectivity index is 2.64. The fourth-order valence-electron chi connectivity index (χ4n) is 0.973. The summed E-state index contributed by atoms with van der Waals surface area (Å²) in [5.74, 6) is 0. The van der Waals surface area contributed by atoms with Crippen LogP contribution in [0.5, 0.6) is 0 Å². The minimum Gasteiger partial charge on any atom is -0.298 e. The number of aromatic nitrogens is 1. The highest BCUT2D eigenvalue weighted by atomic mass is 35.5. The number of hydrogen-bond donors (Lipinski definition) is 0. The number of hydrogen-bond acceptors (Lipinski definition) is 2. The molecule has 1 aromatic rings.